The van der Waals surface area contributed by atoms with E-state index in [-0.39, 0.29) is 11.9 Å². The van der Waals surface area contributed by atoms with Gasteiger partial charge in [-0.05, 0) is 48.6 Å². The first-order valence-corrected chi connectivity index (χ1v) is 9.76. The van der Waals surface area contributed by atoms with Crippen molar-refractivity contribution in [3.05, 3.63) is 64.7 Å². The largest absolute Gasteiger partial charge is 0.496 e. The summed E-state index contributed by atoms with van der Waals surface area (Å²) in [5.41, 5.74) is 4.77. The molecular weight excluding hydrogens is 330 g/mol. The Labute approximate surface area is 155 Å². The Bertz CT molecular complexity index is 715. The van der Waals surface area contributed by atoms with Gasteiger partial charge in [-0.25, -0.2) is 0 Å². The maximum atomic E-state index is 12.3. The predicted octanol–water partition coefficient (Wildman–Crippen LogP) is 4.81. The molecule has 0 fully saturated rings. The molecule has 0 aliphatic carbocycles. The van der Waals surface area contributed by atoms with E-state index < -0.39 is 0 Å². The third kappa shape index (κ3) is 5.53. The lowest BCUT2D eigenvalue weighted by Crippen LogP contribution is -2.29. The van der Waals surface area contributed by atoms with Crippen molar-refractivity contribution in [3.63, 3.8) is 0 Å². The monoisotopic (exact) mass is 357 g/mol. The van der Waals surface area contributed by atoms with Gasteiger partial charge in [0.1, 0.15) is 5.75 Å². The van der Waals surface area contributed by atoms with E-state index in [4.69, 9.17) is 4.74 Å². The van der Waals surface area contributed by atoms with Gasteiger partial charge in [-0.2, -0.15) is 0 Å². The van der Waals surface area contributed by atoms with Crippen LogP contribution in [0.1, 0.15) is 41.6 Å². The molecule has 2 aromatic rings. The Morgan fingerprint density at radius 2 is 1.92 bits per heavy atom. The highest BCUT2D eigenvalue weighted by Gasteiger charge is 2.14. The Hall–Kier alpha value is -1.94. The third-order valence-electron chi connectivity index (χ3n) is 4.32. The van der Waals surface area contributed by atoms with Crippen LogP contribution in [0.2, 0.25) is 0 Å². The van der Waals surface area contributed by atoms with Crippen molar-refractivity contribution in [2.45, 2.75) is 39.0 Å². The van der Waals surface area contributed by atoms with Gasteiger partial charge in [-0.3, -0.25) is 4.79 Å². The second-order valence-electron chi connectivity index (χ2n) is 6.18. The van der Waals surface area contributed by atoms with Gasteiger partial charge in [0, 0.05) is 5.75 Å². The van der Waals surface area contributed by atoms with Gasteiger partial charge < -0.3 is 10.1 Å². The molecule has 1 amide bonds. The van der Waals surface area contributed by atoms with Crippen LogP contribution in [0.25, 0.3) is 0 Å². The summed E-state index contributed by atoms with van der Waals surface area (Å²) >= 11 is 1.65. The van der Waals surface area contributed by atoms with Crippen LogP contribution in [0.5, 0.6) is 5.75 Å². The lowest BCUT2D eigenvalue weighted by Gasteiger charge is -2.19. The van der Waals surface area contributed by atoms with Crippen LogP contribution in [0.3, 0.4) is 0 Å². The van der Waals surface area contributed by atoms with E-state index in [0.29, 0.717) is 5.75 Å². The topological polar surface area (TPSA) is 38.3 Å². The Morgan fingerprint density at radius 3 is 2.56 bits per heavy atom. The zero-order valence-electron chi connectivity index (χ0n) is 15.5. The van der Waals surface area contributed by atoms with Crippen molar-refractivity contribution in [1.82, 2.24) is 5.32 Å². The molecule has 3 nitrogen and oxygen atoms in total. The minimum absolute atomic E-state index is 0.0381. The first-order chi connectivity index (χ1) is 12.0. The number of hydrogen-bond acceptors (Lipinski definition) is 3. The lowest BCUT2D eigenvalue weighted by molar-refractivity contribution is -0.119. The number of rotatable bonds is 8. The molecule has 25 heavy (non-hydrogen) atoms. The Kier molecular flexibility index (Phi) is 7.38. The van der Waals surface area contributed by atoms with Crippen LogP contribution in [-0.2, 0) is 10.5 Å². The van der Waals surface area contributed by atoms with Gasteiger partial charge >= 0.3 is 0 Å². The standard InChI is InChI=1S/C21H27NO2S/c1-5-19(17-10-11-20(24-4)16(3)12-17)22-21(23)14-25-13-18-9-7-6-8-15(18)2/h6-12,19H,5,13-14H2,1-4H3,(H,22,23). The minimum Gasteiger partial charge on any atom is -0.496 e. The summed E-state index contributed by atoms with van der Waals surface area (Å²) in [5, 5.41) is 3.15. The van der Waals surface area contributed by atoms with Crippen LogP contribution < -0.4 is 10.1 Å². The quantitative estimate of drug-likeness (QED) is 0.736. The molecule has 0 heterocycles. The summed E-state index contributed by atoms with van der Waals surface area (Å²) in [5.74, 6) is 2.29. The van der Waals surface area contributed by atoms with E-state index in [1.54, 1.807) is 18.9 Å². The number of aryl methyl sites for hydroxylation is 2. The summed E-state index contributed by atoms with van der Waals surface area (Å²) in [7, 11) is 1.67. The number of thioether (sulfide) groups is 1. The highest BCUT2D eigenvalue weighted by molar-refractivity contribution is 7.99. The van der Waals surface area contributed by atoms with Crippen molar-refractivity contribution in [2.24, 2.45) is 0 Å². The first kappa shape index (κ1) is 19.4. The van der Waals surface area contributed by atoms with Crippen molar-refractivity contribution in [3.8, 4) is 5.75 Å². The van der Waals surface area contributed by atoms with Gasteiger partial charge in [0.25, 0.3) is 0 Å². The van der Waals surface area contributed by atoms with Crippen LogP contribution >= 0.6 is 11.8 Å². The summed E-state index contributed by atoms with van der Waals surface area (Å²) in [6, 6.07) is 14.4. The smallest absolute Gasteiger partial charge is 0.230 e. The van der Waals surface area contributed by atoms with E-state index in [9.17, 15) is 4.79 Å². The number of carbonyl (C=O) groups excluding carboxylic acids is 1. The van der Waals surface area contributed by atoms with E-state index >= 15 is 0 Å². The molecule has 0 saturated heterocycles. The van der Waals surface area contributed by atoms with Gasteiger partial charge in [-0.15, -0.1) is 11.8 Å². The zero-order valence-corrected chi connectivity index (χ0v) is 16.3. The Balaban J connectivity index is 1.89. The van der Waals surface area contributed by atoms with E-state index in [1.807, 2.05) is 31.2 Å². The molecule has 1 unspecified atom stereocenters. The maximum absolute atomic E-state index is 12.3. The van der Waals surface area contributed by atoms with Crippen LogP contribution in [0.15, 0.2) is 42.5 Å². The molecule has 0 spiro atoms. The molecule has 0 aliphatic rings. The Morgan fingerprint density at radius 1 is 1.16 bits per heavy atom. The lowest BCUT2D eigenvalue weighted by atomic mass is 10.0. The number of carbonyl (C=O) groups is 1. The average molecular weight is 358 g/mol. The number of hydrogen-bond donors (Lipinski definition) is 1. The average Bonchev–Trinajstić information content (AvgIpc) is 2.61. The fourth-order valence-electron chi connectivity index (χ4n) is 2.80. The van der Waals surface area contributed by atoms with Crippen LogP contribution in [-0.4, -0.2) is 18.8 Å². The molecule has 2 rings (SSSR count). The highest BCUT2D eigenvalue weighted by Crippen LogP contribution is 2.24. The van der Waals surface area contributed by atoms with Crippen molar-refractivity contribution < 1.29 is 9.53 Å². The second kappa shape index (κ2) is 9.52. The number of amides is 1. The van der Waals surface area contributed by atoms with Crippen LogP contribution in [0.4, 0.5) is 0 Å². The normalized spacial score (nSPS) is 11.8. The first-order valence-electron chi connectivity index (χ1n) is 8.61. The number of ether oxygens (including phenoxy) is 1. The minimum atomic E-state index is 0.0381. The highest BCUT2D eigenvalue weighted by atomic mass is 32.2. The molecule has 4 heteroatoms. The number of benzene rings is 2. The van der Waals surface area contributed by atoms with E-state index in [1.165, 1.54) is 11.1 Å². The molecule has 0 aromatic heterocycles. The number of methoxy groups -OCH3 is 1. The molecule has 134 valence electrons. The molecule has 0 bridgehead atoms. The molecule has 2 aromatic carbocycles. The molecular formula is C21H27NO2S. The molecule has 1 atom stereocenters. The third-order valence-corrected chi connectivity index (χ3v) is 5.30. The summed E-state index contributed by atoms with van der Waals surface area (Å²) in [6.45, 7) is 6.22. The van der Waals surface area contributed by atoms with E-state index in [2.05, 4.69) is 37.4 Å². The second-order valence-corrected chi connectivity index (χ2v) is 7.16. The summed E-state index contributed by atoms with van der Waals surface area (Å²) < 4.78 is 5.31. The fourth-order valence-corrected chi connectivity index (χ4v) is 3.72. The van der Waals surface area contributed by atoms with Crippen molar-refractivity contribution in [1.29, 1.82) is 0 Å². The maximum Gasteiger partial charge on any atom is 0.230 e. The fraction of sp³-hybridized carbons (Fsp3) is 0.381. The molecule has 0 aliphatic heterocycles. The zero-order chi connectivity index (χ0) is 18.2. The van der Waals surface area contributed by atoms with Gasteiger partial charge in [0.15, 0.2) is 0 Å². The van der Waals surface area contributed by atoms with Gasteiger partial charge in [-0.1, -0.05) is 43.3 Å². The van der Waals surface area contributed by atoms with Gasteiger partial charge in [0.2, 0.25) is 5.91 Å². The molecule has 1 N–H and O–H groups in total. The van der Waals surface area contributed by atoms with Gasteiger partial charge in [0.05, 0.1) is 18.9 Å². The molecule has 0 saturated carbocycles. The number of nitrogens with one attached hydrogen (secondary N) is 1. The SMILES string of the molecule is CCC(NC(=O)CSCc1ccccc1C)c1ccc(OC)c(C)c1. The van der Waals surface area contributed by atoms with Crippen molar-refractivity contribution >= 4 is 17.7 Å². The van der Waals surface area contributed by atoms with Crippen molar-refractivity contribution in [2.75, 3.05) is 12.9 Å². The molecule has 0 radical (unpaired) electrons. The summed E-state index contributed by atoms with van der Waals surface area (Å²) in [4.78, 5) is 12.3. The summed E-state index contributed by atoms with van der Waals surface area (Å²) in [6.07, 6.45) is 0.861. The van der Waals surface area contributed by atoms with Crippen LogP contribution in [0, 0.1) is 13.8 Å². The predicted molar refractivity (Wildman–Crippen MR) is 106 cm³/mol. The van der Waals surface area contributed by atoms with E-state index in [0.717, 1.165) is 29.1 Å².